The maximum Gasteiger partial charge on any atom is 0.290 e. The van der Waals surface area contributed by atoms with Crippen LogP contribution in [0.4, 0.5) is 0 Å². The molecule has 9 heteroatoms. The molecule has 2 aliphatic heterocycles. The minimum Gasteiger partial charge on any atom is -0.503 e. The van der Waals surface area contributed by atoms with E-state index in [4.69, 9.17) is 18.6 Å². The first-order valence-corrected chi connectivity index (χ1v) is 12.0. The summed E-state index contributed by atoms with van der Waals surface area (Å²) in [4.78, 5) is 30.2. The van der Waals surface area contributed by atoms with Gasteiger partial charge in [-0.15, -0.1) is 0 Å². The van der Waals surface area contributed by atoms with Gasteiger partial charge < -0.3 is 28.6 Å². The van der Waals surface area contributed by atoms with Crippen molar-refractivity contribution in [2.45, 2.75) is 25.8 Å². The summed E-state index contributed by atoms with van der Waals surface area (Å²) in [5.74, 6) is -0.523. The van der Waals surface area contributed by atoms with Crippen LogP contribution in [0.15, 0.2) is 52.3 Å². The molecule has 0 radical (unpaired) electrons. The number of aliphatic hydroxyl groups is 1. The Hall–Kier alpha value is -3.30. The second-order valence-corrected chi connectivity index (χ2v) is 8.54. The fraction of sp³-hybridized carbons (Fsp3) is 0.462. The Morgan fingerprint density at radius 3 is 2.66 bits per heavy atom. The molecule has 1 aromatic carbocycles. The van der Waals surface area contributed by atoms with E-state index in [9.17, 15) is 14.7 Å². The summed E-state index contributed by atoms with van der Waals surface area (Å²) in [6, 6.07) is 7.66. The standard InChI is InChI=1S/C26H32N2O7/c1-3-4-13-34-19-8-7-18(17-21(19)32-2)23-22(24(29)20-6-5-14-35-20)25(30)26(31)28(23)10-9-27-11-15-33-16-12-27/h5-8,14,17,23,30H,3-4,9-13,15-16H2,1-2H3/t23-/m0/s1. The number of methoxy groups -OCH3 is 1. The number of carbonyl (C=O) groups excluding carboxylic acids is 2. The predicted molar refractivity (Wildman–Crippen MR) is 128 cm³/mol. The summed E-state index contributed by atoms with van der Waals surface area (Å²) in [5, 5.41) is 10.8. The van der Waals surface area contributed by atoms with Crippen LogP contribution in [0, 0.1) is 0 Å². The lowest BCUT2D eigenvalue weighted by molar-refractivity contribution is -0.129. The van der Waals surface area contributed by atoms with Crippen LogP contribution in [0.5, 0.6) is 11.5 Å². The molecule has 1 saturated heterocycles. The molecule has 35 heavy (non-hydrogen) atoms. The van der Waals surface area contributed by atoms with Crippen molar-refractivity contribution in [3.63, 3.8) is 0 Å². The summed E-state index contributed by atoms with van der Waals surface area (Å²) < 4.78 is 22.1. The molecule has 0 bridgehead atoms. The quantitative estimate of drug-likeness (QED) is 0.383. The third-order valence-corrected chi connectivity index (χ3v) is 6.31. The van der Waals surface area contributed by atoms with Crippen LogP contribution in [-0.2, 0) is 9.53 Å². The zero-order valence-corrected chi connectivity index (χ0v) is 20.2. The average Bonchev–Trinajstić information content (AvgIpc) is 3.51. The van der Waals surface area contributed by atoms with E-state index >= 15 is 0 Å². The molecule has 1 aromatic heterocycles. The van der Waals surface area contributed by atoms with Gasteiger partial charge in [0, 0.05) is 26.2 Å². The third-order valence-electron chi connectivity index (χ3n) is 6.31. The number of unbranched alkanes of at least 4 members (excludes halogenated alkanes) is 1. The predicted octanol–water partition coefficient (Wildman–Crippen LogP) is 3.38. The van der Waals surface area contributed by atoms with E-state index in [0.29, 0.717) is 50.0 Å². The fourth-order valence-electron chi connectivity index (χ4n) is 4.38. The maximum absolute atomic E-state index is 13.3. The lowest BCUT2D eigenvalue weighted by atomic mass is 9.94. The summed E-state index contributed by atoms with van der Waals surface area (Å²) in [6.45, 7) is 6.38. The lowest BCUT2D eigenvalue weighted by Crippen LogP contribution is -2.43. The number of nitrogens with zero attached hydrogens (tertiary/aromatic N) is 2. The zero-order valence-electron chi connectivity index (χ0n) is 20.2. The largest absolute Gasteiger partial charge is 0.503 e. The minimum atomic E-state index is -0.792. The SMILES string of the molecule is CCCCOc1ccc([C@H]2C(C(=O)c3ccco3)=C(O)C(=O)N2CCN2CCOCC2)cc1OC. The van der Waals surface area contributed by atoms with Crippen molar-refractivity contribution in [2.75, 3.05) is 53.1 Å². The number of morpholine rings is 1. The van der Waals surface area contributed by atoms with Gasteiger partial charge in [-0.1, -0.05) is 19.4 Å². The Kier molecular flexibility index (Phi) is 8.09. The number of ketones is 1. The zero-order chi connectivity index (χ0) is 24.8. The molecular weight excluding hydrogens is 452 g/mol. The molecule has 0 aliphatic carbocycles. The molecular formula is C26H32N2O7. The van der Waals surface area contributed by atoms with Gasteiger partial charge in [-0.25, -0.2) is 0 Å². The summed E-state index contributed by atoms with van der Waals surface area (Å²) in [6.07, 6.45) is 3.30. The van der Waals surface area contributed by atoms with Crippen LogP contribution < -0.4 is 9.47 Å². The van der Waals surface area contributed by atoms with E-state index in [1.807, 2.05) is 0 Å². The molecule has 2 aromatic rings. The van der Waals surface area contributed by atoms with Crippen LogP contribution in [0.25, 0.3) is 0 Å². The first-order valence-electron chi connectivity index (χ1n) is 12.0. The van der Waals surface area contributed by atoms with Gasteiger partial charge >= 0.3 is 0 Å². The second-order valence-electron chi connectivity index (χ2n) is 8.54. The van der Waals surface area contributed by atoms with E-state index in [2.05, 4.69) is 11.8 Å². The van der Waals surface area contributed by atoms with Crippen molar-refractivity contribution in [3.05, 3.63) is 59.3 Å². The van der Waals surface area contributed by atoms with E-state index in [1.165, 1.54) is 17.2 Å². The molecule has 3 heterocycles. The van der Waals surface area contributed by atoms with Crippen LogP contribution >= 0.6 is 0 Å². The van der Waals surface area contributed by atoms with Crippen molar-refractivity contribution < 1.29 is 33.3 Å². The van der Waals surface area contributed by atoms with Crippen molar-refractivity contribution in [1.29, 1.82) is 0 Å². The van der Waals surface area contributed by atoms with Crippen molar-refractivity contribution in [1.82, 2.24) is 9.80 Å². The Labute approximate surface area is 204 Å². The molecule has 1 amide bonds. The summed E-state index contributed by atoms with van der Waals surface area (Å²) in [7, 11) is 1.55. The lowest BCUT2D eigenvalue weighted by Gasteiger charge is -2.31. The van der Waals surface area contributed by atoms with Gasteiger partial charge in [0.15, 0.2) is 23.0 Å². The monoisotopic (exact) mass is 484 g/mol. The number of hydrogen-bond donors (Lipinski definition) is 1. The highest BCUT2D eigenvalue weighted by atomic mass is 16.5. The number of ether oxygens (including phenoxy) is 3. The Bertz CT molecular complexity index is 1060. The highest BCUT2D eigenvalue weighted by Gasteiger charge is 2.44. The van der Waals surface area contributed by atoms with E-state index in [-0.39, 0.29) is 11.3 Å². The molecule has 4 rings (SSSR count). The van der Waals surface area contributed by atoms with Crippen LogP contribution in [0.2, 0.25) is 0 Å². The summed E-state index contributed by atoms with van der Waals surface area (Å²) in [5.41, 5.74) is 0.632. The van der Waals surface area contributed by atoms with E-state index < -0.39 is 23.5 Å². The van der Waals surface area contributed by atoms with Gasteiger partial charge in [-0.05, 0) is 36.2 Å². The van der Waals surface area contributed by atoms with Crippen molar-refractivity contribution >= 4 is 11.7 Å². The minimum absolute atomic E-state index is 0.00590. The second kappa shape index (κ2) is 11.4. The molecule has 1 fully saturated rings. The van der Waals surface area contributed by atoms with Gasteiger partial charge in [0.2, 0.25) is 5.78 Å². The van der Waals surface area contributed by atoms with Crippen molar-refractivity contribution in [2.24, 2.45) is 0 Å². The molecule has 1 atom stereocenters. The van der Waals surface area contributed by atoms with Gasteiger partial charge in [0.05, 0.1) is 44.8 Å². The number of rotatable bonds is 11. The number of benzene rings is 1. The maximum atomic E-state index is 13.3. The highest BCUT2D eigenvalue weighted by Crippen LogP contribution is 2.41. The van der Waals surface area contributed by atoms with Crippen LogP contribution in [-0.4, -0.2) is 79.7 Å². The van der Waals surface area contributed by atoms with E-state index in [1.54, 1.807) is 31.4 Å². The normalized spacial score (nSPS) is 18.9. The first kappa shape index (κ1) is 24.8. The first-order chi connectivity index (χ1) is 17.0. The molecule has 1 N–H and O–H groups in total. The Morgan fingerprint density at radius 2 is 1.97 bits per heavy atom. The molecule has 0 saturated carbocycles. The Balaban J connectivity index is 1.67. The number of amides is 1. The number of Topliss-reactive ketones (excluding diaryl/α,β-unsaturated/α-hetero) is 1. The molecule has 188 valence electrons. The Morgan fingerprint density at radius 1 is 1.17 bits per heavy atom. The van der Waals surface area contributed by atoms with E-state index in [0.717, 1.165) is 25.9 Å². The fourth-order valence-corrected chi connectivity index (χ4v) is 4.38. The van der Waals surface area contributed by atoms with Gasteiger partial charge in [0.25, 0.3) is 5.91 Å². The molecule has 9 nitrogen and oxygen atoms in total. The smallest absolute Gasteiger partial charge is 0.290 e. The summed E-state index contributed by atoms with van der Waals surface area (Å²) >= 11 is 0. The third kappa shape index (κ3) is 5.36. The van der Waals surface area contributed by atoms with Gasteiger partial charge in [0.1, 0.15) is 0 Å². The number of hydrogen-bond acceptors (Lipinski definition) is 8. The topological polar surface area (TPSA) is 102 Å². The number of carbonyl (C=O) groups is 2. The van der Waals surface area contributed by atoms with Crippen LogP contribution in [0.3, 0.4) is 0 Å². The number of aliphatic hydroxyl groups excluding tert-OH is 1. The highest BCUT2D eigenvalue weighted by molar-refractivity contribution is 6.15. The van der Waals surface area contributed by atoms with Crippen LogP contribution in [0.1, 0.15) is 41.9 Å². The van der Waals surface area contributed by atoms with Gasteiger partial charge in [-0.2, -0.15) is 0 Å². The van der Waals surface area contributed by atoms with Gasteiger partial charge in [-0.3, -0.25) is 14.5 Å². The van der Waals surface area contributed by atoms with Crippen molar-refractivity contribution in [3.8, 4) is 11.5 Å². The molecule has 2 aliphatic rings. The molecule has 0 unspecified atom stereocenters. The number of furan rings is 1. The molecule has 0 spiro atoms. The average molecular weight is 485 g/mol.